The van der Waals surface area contributed by atoms with Gasteiger partial charge in [0, 0.05) is 17.6 Å². The lowest BCUT2D eigenvalue weighted by Gasteiger charge is -2.15. The van der Waals surface area contributed by atoms with Crippen LogP contribution in [-0.4, -0.2) is 19.2 Å². The predicted molar refractivity (Wildman–Crippen MR) is 85.8 cm³/mol. The second kappa shape index (κ2) is 6.58. The highest BCUT2D eigenvalue weighted by molar-refractivity contribution is 7.92. The van der Waals surface area contributed by atoms with Gasteiger partial charge in [0.25, 0.3) is 0 Å². The minimum atomic E-state index is -3.23. The van der Waals surface area contributed by atoms with Crippen molar-refractivity contribution in [3.63, 3.8) is 0 Å². The number of rotatable bonds is 6. The lowest BCUT2D eigenvalue weighted by Crippen LogP contribution is -2.14. The van der Waals surface area contributed by atoms with Gasteiger partial charge in [-0.15, -0.1) is 0 Å². The lowest BCUT2D eigenvalue weighted by atomic mass is 10.2. The molecule has 0 aliphatic heterocycles. The number of nitrogens with one attached hydrogen (secondary N) is 2. The molecule has 0 spiro atoms. The summed E-state index contributed by atoms with van der Waals surface area (Å²) >= 11 is 0. The first-order valence-corrected chi connectivity index (χ1v) is 8.43. The van der Waals surface area contributed by atoms with Crippen molar-refractivity contribution in [1.82, 2.24) is 4.98 Å². The second-order valence-electron chi connectivity index (χ2n) is 4.70. The molecule has 2 rings (SSSR count). The summed E-state index contributed by atoms with van der Waals surface area (Å²) in [4.78, 5) is 4.30. The molecule has 2 N–H and O–H groups in total. The van der Waals surface area contributed by atoms with Gasteiger partial charge in [0.05, 0.1) is 17.5 Å². The molecule has 0 fully saturated rings. The zero-order chi connectivity index (χ0) is 15.3. The van der Waals surface area contributed by atoms with Gasteiger partial charge in [-0.25, -0.2) is 8.42 Å². The summed E-state index contributed by atoms with van der Waals surface area (Å²) < 4.78 is 25.5. The molecule has 1 unspecified atom stereocenters. The number of pyridine rings is 1. The highest BCUT2D eigenvalue weighted by Crippen LogP contribution is 2.20. The van der Waals surface area contributed by atoms with E-state index in [1.54, 1.807) is 25.3 Å². The van der Waals surface area contributed by atoms with Crippen molar-refractivity contribution in [3.8, 4) is 0 Å². The van der Waals surface area contributed by atoms with Crippen LogP contribution in [0.3, 0.4) is 0 Å². The van der Waals surface area contributed by atoms with Crippen molar-refractivity contribution in [3.05, 3.63) is 54.4 Å². The molecule has 0 aliphatic rings. The minimum absolute atomic E-state index is 0.0592. The van der Waals surface area contributed by atoms with Gasteiger partial charge >= 0.3 is 0 Å². The SMILES string of the molecule is CCS(=O)(=O)Nc1ccc(NC(C)c2ccccn2)cc1. The average molecular weight is 305 g/mol. The summed E-state index contributed by atoms with van der Waals surface area (Å²) in [6, 6.07) is 13.0. The van der Waals surface area contributed by atoms with Gasteiger partial charge in [-0.2, -0.15) is 0 Å². The van der Waals surface area contributed by atoms with E-state index in [2.05, 4.69) is 15.0 Å². The van der Waals surface area contributed by atoms with Crippen LogP contribution in [-0.2, 0) is 10.0 Å². The summed E-state index contributed by atoms with van der Waals surface area (Å²) in [7, 11) is -3.23. The quantitative estimate of drug-likeness (QED) is 0.860. The van der Waals surface area contributed by atoms with Crippen molar-refractivity contribution < 1.29 is 8.42 Å². The number of sulfonamides is 1. The zero-order valence-corrected chi connectivity index (χ0v) is 12.9. The highest BCUT2D eigenvalue weighted by atomic mass is 32.2. The molecular formula is C15H19N3O2S. The molecule has 1 atom stereocenters. The Kier molecular flexibility index (Phi) is 4.80. The molecular weight excluding hydrogens is 286 g/mol. The van der Waals surface area contributed by atoms with Crippen LogP contribution in [0.2, 0.25) is 0 Å². The minimum Gasteiger partial charge on any atom is -0.377 e. The maximum Gasteiger partial charge on any atom is 0.232 e. The third kappa shape index (κ3) is 4.46. The third-order valence-corrected chi connectivity index (χ3v) is 4.36. The molecule has 0 bridgehead atoms. The summed E-state index contributed by atoms with van der Waals surface area (Å²) in [6.07, 6.45) is 1.76. The molecule has 1 aromatic heterocycles. The Morgan fingerprint density at radius 1 is 1.10 bits per heavy atom. The second-order valence-corrected chi connectivity index (χ2v) is 6.71. The normalized spacial score (nSPS) is 12.7. The van der Waals surface area contributed by atoms with E-state index in [-0.39, 0.29) is 11.8 Å². The fraction of sp³-hybridized carbons (Fsp3) is 0.267. The Morgan fingerprint density at radius 2 is 1.76 bits per heavy atom. The highest BCUT2D eigenvalue weighted by Gasteiger charge is 2.08. The summed E-state index contributed by atoms with van der Waals surface area (Å²) in [6.45, 7) is 3.63. The van der Waals surface area contributed by atoms with Gasteiger partial charge in [0.15, 0.2) is 0 Å². The fourth-order valence-corrected chi connectivity index (χ4v) is 2.48. The van der Waals surface area contributed by atoms with E-state index in [1.165, 1.54) is 0 Å². The van der Waals surface area contributed by atoms with E-state index in [0.29, 0.717) is 5.69 Å². The number of hydrogen-bond donors (Lipinski definition) is 2. The van der Waals surface area contributed by atoms with Crippen LogP contribution in [0.15, 0.2) is 48.7 Å². The van der Waals surface area contributed by atoms with E-state index < -0.39 is 10.0 Å². The molecule has 6 heteroatoms. The van der Waals surface area contributed by atoms with Crippen LogP contribution in [0.4, 0.5) is 11.4 Å². The monoisotopic (exact) mass is 305 g/mol. The van der Waals surface area contributed by atoms with Gasteiger partial charge in [-0.1, -0.05) is 6.07 Å². The van der Waals surface area contributed by atoms with Gasteiger partial charge < -0.3 is 5.32 Å². The summed E-state index contributed by atoms with van der Waals surface area (Å²) in [5.74, 6) is 0.0592. The number of aromatic nitrogens is 1. The van der Waals surface area contributed by atoms with Gasteiger partial charge in [0.1, 0.15) is 0 Å². The molecule has 2 aromatic rings. The van der Waals surface area contributed by atoms with Crippen molar-refractivity contribution in [1.29, 1.82) is 0 Å². The van der Waals surface area contributed by atoms with Gasteiger partial charge in [0.2, 0.25) is 10.0 Å². The Bertz CT molecular complexity index is 670. The number of hydrogen-bond acceptors (Lipinski definition) is 4. The van der Waals surface area contributed by atoms with Crippen molar-refractivity contribution in [2.45, 2.75) is 19.9 Å². The largest absolute Gasteiger partial charge is 0.377 e. The standard InChI is InChI=1S/C15H19N3O2S/c1-3-21(19,20)18-14-9-7-13(8-10-14)17-12(2)15-6-4-5-11-16-15/h4-12,17-18H,3H2,1-2H3. The molecule has 0 saturated carbocycles. The molecule has 112 valence electrons. The fourth-order valence-electron chi connectivity index (χ4n) is 1.84. The first-order valence-electron chi connectivity index (χ1n) is 6.78. The van der Waals surface area contributed by atoms with Crippen molar-refractivity contribution in [2.24, 2.45) is 0 Å². The number of benzene rings is 1. The smallest absolute Gasteiger partial charge is 0.232 e. The Labute approximate surface area is 125 Å². The average Bonchev–Trinajstić information content (AvgIpc) is 2.50. The summed E-state index contributed by atoms with van der Waals surface area (Å²) in [5.41, 5.74) is 2.42. The topological polar surface area (TPSA) is 71.1 Å². The Morgan fingerprint density at radius 3 is 2.33 bits per heavy atom. The molecule has 0 saturated heterocycles. The van der Waals surface area contributed by atoms with Crippen LogP contribution in [0.25, 0.3) is 0 Å². The molecule has 0 amide bonds. The van der Waals surface area contributed by atoms with Crippen LogP contribution < -0.4 is 10.0 Å². The third-order valence-electron chi connectivity index (χ3n) is 3.05. The Balaban J connectivity index is 2.03. The van der Waals surface area contributed by atoms with E-state index in [4.69, 9.17) is 0 Å². The molecule has 0 radical (unpaired) electrons. The van der Waals surface area contributed by atoms with Crippen LogP contribution >= 0.6 is 0 Å². The van der Waals surface area contributed by atoms with E-state index in [0.717, 1.165) is 11.4 Å². The molecule has 0 aliphatic carbocycles. The van der Waals surface area contributed by atoms with E-state index in [1.807, 2.05) is 37.3 Å². The first kappa shape index (κ1) is 15.3. The van der Waals surface area contributed by atoms with Gasteiger partial charge in [-0.05, 0) is 50.2 Å². The zero-order valence-electron chi connectivity index (χ0n) is 12.1. The summed E-state index contributed by atoms with van der Waals surface area (Å²) in [5, 5.41) is 3.32. The first-order chi connectivity index (χ1) is 10.00. The van der Waals surface area contributed by atoms with Gasteiger partial charge in [-0.3, -0.25) is 9.71 Å². The molecule has 21 heavy (non-hydrogen) atoms. The number of nitrogens with zero attached hydrogens (tertiary/aromatic N) is 1. The van der Waals surface area contributed by atoms with Crippen molar-refractivity contribution in [2.75, 3.05) is 15.8 Å². The Hall–Kier alpha value is -2.08. The predicted octanol–water partition coefficient (Wildman–Crippen LogP) is 3.02. The van der Waals surface area contributed by atoms with Crippen LogP contribution in [0, 0.1) is 0 Å². The number of anilines is 2. The molecule has 1 heterocycles. The lowest BCUT2D eigenvalue weighted by molar-refractivity contribution is 0.602. The molecule has 5 nitrogen and oxygen atoms in total. The van der Waals surface area contributed by atoms with Crippen molar-refractivity contribution >= 4 is 21.4 Å². The van der Waals surface area contributed by atoms with Crippen LogP contribution in [0.1, 0.15) is 25.6 Å². The van der Waals surface area contributed by atoms with Crippen LogP contribution in [0.5, 0.6) is 0 Å². The van der Waals surface area contributed by atoms with E-state index >= 15 is 0 Å². The maximum atomic E-state index is 11.5. The maximum absolute atomic E-state index is 11.5. The molecule has 1 aromatic carbocycles. The van der Waals surface area contributed by atoms with E-state index in [9.17, 15) is 8.42 Å².